The molecule has 0 amide bonds. The molecular formula is C21H26OS2. The van der Waals surface area contributed by atoms with Crippen LogP contribution in [0.4, 0.5) is 0 Å². The molecule has 0 aliphatic rings. The van der Waals surface area contributed by atoms with Crippen molar-refractivity contribution in [2.45, 2.75) is 50.3 Å². The normalized spacial score (nSPS) is 10.8. The van der Waals surface area contributed by atoms with E-state index in [4.69, 9.17) is 0 Å². The third kappa shape index (κ3) is 4.46. The summed E-state index contributed by atoms with van der Waals surface area (Å²) in [5, 5.41) is 0. The average molecular weight is 359 g/mol. The van der Waals surface area contributed by atoms with Gasteiger partial charge < -0.3 is 0 Å². The van der Waals surface area contributed by atoms with Gasteiger partial charge in [-0.1, -0.05) is 38.1 Å². The smallest absolute Gasteiger partial charge is 0.193 e. The van der Waals surface area contributed by atoms with Crippen LogP contribution in [0.25, 0.3) is 0 Å². The molecule has 0 fully saturated rings. The summed E-state index contributed by atoms with van der Waals surface area (Å²) in [4.78, 5) is 15.6. The molecule has 0 spiro atoms. The second kappa shape index (κ2) is 9.33. The highest BCUT2D eigenvalue weighted by Gasteiger charge is 2.17. The molecule has 0 aliphatic heterocycles. The summed E-state index contributed by atoms with van der Waals surface area (Å²) < 4.78 is 0. The van der Waals surface area contributed by atoms with Crippen LogP contribution >= 0.6 is 23.5 Å². The van der Waals surface area contributed by atoms with E-state index in [0.29, 0.717) is 0 Å². The number of thioether (sulfide) groups is 2. The van der Waals surface area contributed by atoms with Crippen LogP contribution in [-0.2, 0) is 0 Å². The molecule has 2 rings (SSSR count). The summed E-state index contributed by atoms with van der Waals surface area (Å²) >= 11 is 3.67. The third-order valence-electron chi connectivity index (χ3n) is 3.98. The van der Waals surface area contributed by atoms with Gasteiger partial charge in [0.25, 0.3) is 0 Å². The number of carbonyl (C=O) groups is 1. The Morgan fingerprint density at radius 2 is 1.21 bits per heavy atom. The number of hydrogen-bond acceptors (Lipinski definition) is 3. The van der Waals surface area contributed by atoms with E-state index in [2.05, 4.69) is 39.8 Å². The van der Waals surface area contributed by atoms with Crippen LogP contribution in [0.5, 0.6) is 0 Å². The molecule has 128 valence electrons. The van der Waals surface area contributed by atoms with Gasteiger partial charge in [0, 0.05) is 20.9 Å². The standard InChI is InChI=1S/C21H26OS2/c1-5-13-23-19-11-7-9-17(15(19)3)21(22)18-10-8-12-20(16(18)4)24-14-6-2/h7-12H,5-6,13-14H2,1-4H3. The highest BCUT2D eigenvalue weighted by atomic mass is 32.2. The summed E-state index contributed by atoms with van der Waals surface area (Å²) in [5.41, 5.74) is 3.87. The molecule has 0 aromatic heterocycles. The number of carbonyl (C=O) groups excluding carboxylic acids is 1. The molecular weight excluding hydrogens is 332 g/mol. The van der Waals surface area contributed by atoms with Crippen molar-refractivity contribution in [1.29, 1.82) is 0 Å². The predicted octanol–water partition coefficient (Wildman–Crippen LogP) is 6.54. The van der Waals surface area contributed by atoms with Gasteiger partial charge in [0.1, 0.15) is 0 Å². The summed E-state index contributed by atoms with van der Waals surface area (Å²) in [6.45, 7) is 8.49. The van der Waals surface area contributed by atoms with Gasteiger partial charge in [0.05, 0.1) is 0 Å². The van der Waals surface area contributed by atoms with Crippen LogP contribution in [0, 0.1) is 13.8 Å². The Kier molecular flexibility index (Phi) is 7.44. The Morgan fingerprint density at radius 1 is 0.792 bits per heavy atom. The van der Waals surface area contributed by atoms with Gasteiger partial charge in [-0.25, -0.2) is 0 Å². The van der Waals surface area contributed by atoms with Crippen LogP contribution < -0.4 is 0 Å². The minimum Gasteiger partial charge on any atom is -0.289 e. The Balaban J connectivity index is 2.35. The van der Waals surface area contributed by atoms with E-state index in [1.54, 1.807) is 0 Å². The predicted molar refractivity (Wildman–Crippen MR) is 108 cm³/mol. The lowest BCUT2D eigenvalue weighted by Gasteiger charge is -2.13. The molecule has 0 bridgehead atoms. The van der Waals surface area contributed by atoms with Gasteiger partial charge >= 0.3 is 0 Å². The first-order valence-corrected chi connectivity index (χ1v) is 10.6. The molecule has 0 heterocycles. The van der Waals surface area contributed by atoms with Gasteiger partial charge in [-0.15, -0.1) is 23.5 Å². The van der Waals surface area contributed by atoms with Crippen LogP contribution in [0.3, 0.4) is 0 Å². The van der Waals surface area contributed by atoms with E-state index in [1.165, 1.54) is 9.79 Å². The van der Waals surface area contributed by atoms with Crippen molar-refractivity contribution in [3.8, 4) is 0 Å². The zero-order chi connectivity index (χ0) is 17.5. The molecule has 0 saturated heterocycles. The van der Waals surface area contributed by atoms with Crippen LogP contribution in [0.15, 0.2) is 46.2 Å². The van der Waals surface area contributed by atoms with Crippen molar-refractivity contribution in [3.63, 3.8) is 0 Å². The summed E-state index contributed by atoms with van der Waals surface area (Å²) in [5.74, 6) is 2.31. The second-order valence-electron chi connectivity index (χ2n) is 5.88. The van der Waals surface area contributed by atoms with Crippen LogP contribution in [0.2, 0.25) is 0 Å². The maximum atomic E-state index is 13.1. The SMILES string of the molecule is CCCSc1cccc(C(=O)c2cccc(SCCC)c2C)c1C. The Labute approximate surface area is 154 Å². The minimum atomic E-state index is 0.142. The Morgan fingerprint density at radius 3 is 1.58 bits per heavy atom. The van der Waals surface area contributed by atoms with E-state index in [1.807, 2.05) is 47.8 Å². The highest BCUT2D eigenvalue weighted by molar-refractivity contribution is 7.99. The molecule has 3 heteroatoms. The van der Waals surface area contributed by atoms with Crippen LogP contribution in [0.1, 0.15) is 53.7 Å². The highest BCUT2D eigenvalue weighted by Crippen LogP contribution is 2.30. The number of hydrogen-bond donors (Lipinski definition) is 0. The molecule has 0 N–H and O–H groups in total. The first kappa shape index (κ1) is 19.1. The lowest BCUT2D eigenvalue weighted by Crippen LogP contribution is -2.07. The average Bonchev–Trinajstić information content (AvgIpc) is 2.59. The van der Waals surface area contributed by atoms with Gasteiger partial charge in [0.15, 0.2) is 5.78 Å². The molecule has 2 aromatic rings. The molecule has 0 saturated carbocycles. The molecule has 24 heavy (non-hydrogen) atoms. The minimum absolute atomic E-state index is 0.142. The quantitative estimate of drug-likeness (QED) is 0.394. The maximum absolute atomic E-state index is 13.1. The Hall–Kier alpha value is -1.19. The maximum Gasteiger partial charge on any atom is 0.193 e. The summed E-state index contributed by atoms with van der Waals surface area (Å²) in [6.07, 6.45) is 2.27. The molecule has 0 atom stereocenters. The van der Waals surface area contributed by atoms with E-state index in [9.17, 15) is 4.79 Å². The van der Waals surface area contributed by atoms with Crippen molar-refractivity contribution in [2.24, 2.45) is 0 Å². The van der Waals surface area contributed by atoms with Crippen molar-refractivity contribution < 1.29 is 4.79 Å². The van der Waals surface area contributed by atoms with Gasteiger partial charge in [-0.2, -0.15) is 0 Å². The van der Waals surface area contributed by atoms with Gasteiger partial charge in [-0.05, 0) is 61.5 Å². The number of benzene rings is 2. The number of ketones is 1. The topological polar surface area (TPSA) is 17.1 Å². The first-order chi connectivity index (χ1) is 11.6. The van der Waals surface area contributed by atoms with E-state index < -0.39 is 0 Å². The monoisotopic (exact) mass is 358 g/mol. The molecule has 0 radical (unpaired) electrons. The van der Waals surface area contributed by atoms with E-state index in [0.717, 1.165) is 46.6 Å². The van der Waals surface area contributed by atoms with Gasteiger partial charge in [-0.3, -0.25) is 4.79 Å². The van der Waals surface area contributed by atoms with Gasteiger partial charge in [0.2, 0.25) is 0 Å². The lowest BCUT2D eigenvalue weighted by molar-refractivity contribution is 0.103. The molecule has 0 aliphatic carbocycles. The molecule has 2 aromatic carbocycles. The largest absolute Gasteiger partial charge is 0.289 e. The fourth-order valence-electron chi connectivity index (χ4n) is 2.60. The summed E-state index contributed by atoms with van der Waals surface area (Å²) in [6, 6.07) is 12.2. The van der Waals surface area contributed by atoms with Crippen LogP contribution in [-0.4, -0.2) is 17.3 Å². The van der Waals surface area contributed by atoms with Crippen molar-refractivity contribution in [3.05, 3.63) is 58.7 Å². The van der Waals surface area contributed by atoms with Crippen molar-refractivity contribution in [2.75, 3.05) is 11.5 Å². The molecule has 0 unspecified atom stereocenters. The zero-order valence-electron chi connectivity index (χ0n) is 15.0. The fraction of sp³-hybridized carbons (Fsp3) is 0.381. The number of rotatable bonds is 8. The fourth-order valence-corrected chi connectivity index (χ4v) is 4.45. The zero-order valence-corrected chi connectivity index (χ0v) is 16.7. The van der Waals surface area contributed by atoms with Crippen molar-refractivity contribution in [1.82, 2.24) is 0 Å². The first-order valence-electron chi connectivity index (χ1n) is 8.59. The van der Waals surface area contributed by atoms with E-state index >= 15 is 0 Å². The lowest BCUT2D eigenvalue weighted by atomic mass is 9.96. The third-order valence-corrected chi connectivity index (χ3v) is 6.71. The summed E-state index contributed by atoms with van der Waals surface area (Å²) in [7, 11) is 0. The Bertz CT molecular complexity index is 647. The molecule has 1 nitrogen and oxygen atoms in total. The second-order valence-corrected chi connectivity index (χ2v) is 8.16. The van der Waals surface area contributed by atoms with E-state index in [-0.39, 0.29) is 5.78 Å². The van der Waals surface area contributed by atoms with Crippen molar-refractivity contribution >= 4 is 29.3 Å².